The molecule has 2 aromatic carbocycles. The van der Waals surface area contributed by atoms with Gasteiger partial charge in [-0.25, -0.2) is 0 Å². The average Bonchev–Trinajstić information content (AvgIpc) is 3.07. The first kappa shape index (κ1) is 20.5. The van der Waals surface area contributed by atoms with Crippen molar-refractivity contribution in [2.45, 2.75) is 26.4 Å². The summed E-state index contributed by atoms with van der Waals surface area (Å²) in [6.07, 6.45) is 0. The minimum atomic E-state index is -0.377. The number of carbonyl (C=O) groups is 2. The molecule has 1 atom stereocenters. The van der Waals surface area contributed by atoms with E-state index < -0.39 is 0 Å². The number of ether oxygens (including phenoxy) is 1. The van der Waals surface area contributed by atoms with E-state index in [0.29, 0.717) is 16.1 Å². The van der Waals surface area contributed by atoms with E-state index in [2.05, 4.69) is 10.3 Å². The van der Waals surface area contributed by atoms with Gasteiger partial charge in [-0.15, -0.1) is 11.3 Å². The summed E-state index contributed by atoms with van der Waals surface area (Å²) in [5.74, 6) is 0.0752. The Bertz CT molecular complexity index is 1070. The smallest absolute Gasteiger partial charge is 0.279 e. The number of benzene rings is 2. The number of aromatic nitrogens is 1. The number of nitrogens with zero attached hydrogens (tertiary/aromatic N) is 2. The lowest BCUT2D eigenvalue weighted by atomic mass is 10.1. The van der Waals surface area contributed by atoms with Crippen LogP contribution in [0.1, 0.15) is 34.6 Å². The van der Waals surface area contributed by atoms with E-state index in [9.17, 15) is 9.59 Å². The third kappa shape index (κ3) is 5.20. The molecule has 150 valence electrons. The maximum absolute atomic E-state index is 12.6. The van der Waals surface area contributed by atoms with Crippen LogP contribution in [-0.2, 0) is 11.3 Å². The second-order valence-corrected chi connectivity index (χ2v) is 7.43. The lowest BCUT2D eigenvalue weighted by Gasteiger charge is -2.15. The molecule has 6 nitrogen and oxygen atoms in total. The molecule has 1 unspecified atom stereocenters. The van der Waals surface area contributed by atoms with E-state index in [-0.39, 0.29) is 24.4 Å². The molecule has 0 aliphatic rings. The van der Waals surface area contributed by atoms with E-state index in [1.54, 1.807) is 35.9 Å². The van der Waals surface area contributed by atoms with Crippen molar-refractivity contribution >= 4 is 23.2 Å². The van der Waals surface area contributed by atoms with E-state index >= 15 is 0 Å². The fourth-order valence-corrected chi connectivity index (χ4v) is 3.73. The van der Waals surface area contributed by atoms with Gasteiger partial charge in [-0.2, -0.15) is 4.99 Å². The predicted octanol–water partition coefficient (Wildman–Crippen LogP) is 3.49. The van der Waals surface area contributed by atoms with Gasteiger partial charge in [-0.3, -0.25) is 9.59 Å². The molecule has 0 saturated carbocycles. The summed E-state index contributed by atoms with van der Waals surface area (Å²) in [4.78, 5) is 29.8. The van der Waals surface area contributed by atoms with Crippen LogP contribution in [0.25, 0.3) is 0 Å². The molecule has 2 amide bonds. The molecule has 0 radical (unpaired) electrons. The van der Waals surface area contributed by atoms with Gasteiger partial charge in [0.15, 0.2) is 4.80 Å². The van der Waals surface area contributed by atoms with Gasteiger partial charge in [0, 0.05) is 16.6 Å². The van der Waals surface area contributed by atoms with Gasteiger partial charge >= 0.3 is 0 Å². The molecule has 0 spiro atoms. The molecule has 0 saturated heterocycles. The van der Waals surface area contributed by atoms with Crippen molar-refractivity contribution in [1.82, 2.24) is 9.88 Å². The summed E-state index contributed by atoms with van der Waals surface area (Å²) >= 11 is 1.33. The van der Waals surface area contributed by atoms with Crippen LogP contribution in [0.15, 0.2) is 65.0 Å². The van der Waals surface area contributed by atoms with Crippen molar-refractivity contribution in [3.05, 3.63) is 81.6 Å². The number of amides is 2. The highest BCUT2D eigenvalue weighted by atomic mass is 32.1. The van der Waals surface area contributed by atoms with Gasteiger partial charge in [-0.05, 0) is 37.6 Å². The molecule has 1 N–H and O–H groups in total. The SMILES string of the molecule is COc1cccc(C(=O)N=c2scc(C)n2CC(=O)NC(C)c2ccccc2)c1. The highest BCUT2D eigenvalue weighted by Gasteiger charge is 2.13. The van der Waals surface area contributed by atoms with Crippen LogP contribution < -0.4 is 14.9 Å². The van der Waals surface area contributed by atoms with Crippen LogP contribution in [0.5, 0.6) is 5.75 Å². The normalized spacial score (nSPS) is 12.4. The van der Waals surface area contributed by atoms with Gasteiger partial charge in [0.25, 0.3) is 5.91 Å². The molecule has 7 heteroatoms. The summed E-state index contributed by atoms with van der Waals surface area (Å²) in [5.41, 5.74) is 2.34. The Kier molecular flexibility index (Phi) is 6.61. The number of nitrogens with one attached hydrogen (secondary N) is 1. The Labute approximate surface area is 173 Å². The zero-order valence-corrected chi connectivity index (χ0v) is 17.4. The molecular formula is C22H23N3O3S. The number of hydrogen-bond acceptors (Lipinski definition) is 4. The Hall–Kier alpha value is -3.19. The van der Waals surface area contributed by atoms with Crippen molar-refractivity contribution < 1.29 is 14.3 Å². The van der Waals surface area contributed by atoms with Gasteiger partial charge < -0.3 is 14.6 Å². The Balaban J connectivity index is 1.77. The Morgan fingerprint density at radius 2 is 1.93 bits per heavy atom. The van der Waals surface area contributed by atoms with Crippen LogP contribution in [0.4, 0.5) is 0 Å². The minimum absolute atomic E-state index is 0.0940. The molecule has 0 bridgehead atoms. The zero-order valence-electron chi connectivity index (χ0n) is 16.6. The third-order valence-electron chi connectivity index (χ3n) is 4.48. The average molecular weight is 410 g/mol. The van der Waals surface area contributed by atoms with E-state index in [4.69, 9.17) is 4.74 Å². The van der Waals surface area contributed by atoms with Gasteiger partial charge in [0.1, 0.15) is 12.3 Å². The predicted molar refractivity (Wildman–Crippen MR) is 113 cm³/mol. The van der Waals surface area contributed by atoms with Gasteiger partial charge in [0.05, 0.1) is 13.2 Å². The number of aryl methyl sites for hydroxylation is 1. The summed E-state index contributed by atoms with van der Waals surface area (Å²) in [5, 5.41) is 4.87. The monoisotopic (exact) mass is 409 g/mol. The summed E-state index contributed by atoms with van der Waals surface area (Å²) in [7, 11) is 1.55. The molecule has 0 aliphatic carbocycles. The first-order valence-corrected chi connectivity index (χ1v) is 10.1. The largest absolute Gasteiger partial charge is 0.497 e. The van der Waals surface area contributed by atoms with Crippen LogP contribution in [0, 0.1) is 6.92 Å². The van der Waals surface area contributed by atoms with Crippen LogP contribution in [0.2, 0.25) is 0 Å². The van der Waals surface area contributed by atoms with Gasteiger partial charge in [-0.1, -0.05) is 36.4 Å². The quantitative estimate of drug-likeness (QED) is 0.677. The summed E-state index contributed by atoms with van der Waals surface area (Å²) in [6, 6.07) is 16.5. The molecule has 0 aliphatic heterocycles. The number of methoxy groups -OCH3 is 1. The second-order valence-electron chi connectivity index (χ2n) is 6.59. The highest BCUT2D eigenvalue weighted by molar-refractivity contribution is 7.07. The van der Waals surface area contributed by atoms with E-state index in [1.807, 2.05) is 49.6 Å². The number of hydrogen-bond donors (Lipinski definition) is 1. The molecule has 3 rings (SSSR count). The topological polar surface area (TPSA) is 72.7 Å². The van der Waals surface area contributed by atoms with Crippen LogP contribution in [0.3, 0.4) is 0 Å². The number of rotatable bonds is 6. The van der Waals surface area contributed by atoms with Crippen molar-refractivity contribution in [2.75, 3.05) is 7.11 Å². The lowest BCUT2D eigenvalue weighted by molar-refractivity contribution is -0.122. The standard InChI is InChI=1S/C22H23N3O3S/c1-15-14-29-22(24-21(27)18-10-7-11-19(12-18)28-3)25(15)13-20(26)23-16(2)17-8-5-4-6-9-17/h4-12,14,16H,13H2,1-3H3,(H,23,26). The third-order valence-corrected chi connectivity index (χ3v) is 5.47. The number of thiazole rings is 1. The van der Waals surface area contributed by atoms with Crippen molar-refractivity contribution in [2.24, 2.45) is 4.99 Å². The van der Waals surface area contributed by atoms with Crippen molar-refractivity contribution in [3.8, 4) is 5.75 Å². The minimum Gasteiger partial charge on any atom is -0.497 e. The first-order valence-electron chi connectivity index (χ1n) is 9.20. The fraction of sp³-hybridized carbons (Fsp3) is 0.227. The summed E-state index contributed by atoms with van der Waals surface area (Å²) in [6.45, 7) is 3.92. The van der Waals surface area contributed by atoms with E-state index in [0.717, 1.165) is 11.3 Å². The molecule has 3 aromatic rings. The Morgan fingerprint density at radius 3 is 2.66 bits per heavy atom. The molecule has 29 heavy (non-hydrogen) atoms. The maximum atomic E-state index is 12.6. The Morgan fingerprint density at radius 1 is 1.17 bits per heavy atom. The van der Waals surface area contributed by atoms with Gasteiger partial charge in [0.2, 0.25) is 5.91 Å². The highest BCUT2D eigenvalue weighted by Crippen LogP contribution is 2.14. The second kappa shape index (κ2) is 9.34. The molecule has 1 aromatic heterocycles. The van der Waals surface area contributed by atoms with E-state index in [1.165, 1.54) is 11.3 Å². The lowest BCUT2D eigenvalue weighted by Crippen LogP contribution is -2.33. The fourth-order valence-electron chi connectivity index (χ4n) is 2.86. The molecule has 0 fully saturated rings. The van der Waals surface area contributed by atoms with Crippen molar-refractivity contribution in [3.63, 3.8) is 0 Å². The maximum Gasteiger partial charge on any atom is 0.279 e. The zero-order chi connectivity index (χ0) is 20.8. The number of carbonyl (C=O) groups excluding carboxylic acids is 2. The van der Waals surface area contributed by atoms with Crippen LogP contribution >= 0.6 is 11.3 Å². The summed E-state index contributed by atoms with van der Waals surface area (Å²) < 4.78 is 6.91. The molecule has 1 heterocycles. The molecular weight excluding hydrogens is 386 g/mol. The first-order chi connectivity index (χ1) is 14.0. The van der Waals surface area contributed by atoms with Crippen LogP contribution in [-0.4, -0.2) is 23.5 Å². The van der Waals surface area contributed by atoms with Crippen molar-refractivity contribution in [1.29, 1.82) is 0 Å².